The Morgan fingerprint density at radius 1 is 1.00 bits per heavy atom. The molecule has 2 heterocycles. The number of carbonyl (C=O) groups excluding carboxylic acids is 1. The average Bonchev–Trinajstić information content (AvgIpc) is 3.64. The predicted octanol–water partition coefficient (Wildman–Crippen LogP) is 5.19. The Bertz CT molecular complexity index is 1700. The molecule has 12 heteroatoms. The lowest BCUT2D eigenvalue weighted by atomic mass is 10.0. The van der Waals surface area contributed by atoms with Crippen molar-refractivity contribution in [2.75, 3.05) is 41.5 Å². The van der Waals surface area contributed by atoms with Crippen LogP contribution in [0.25, 0.3) is 10.9 Å². The van der Waals surface area contributed by atoms with E-state index in [0.717, 1.165) is 0 Å². The highest BCUT2D eigenvalue weighted by molar-refractivity contribution is 6.16. The molecule has 12 nitrogen and oxygen atoms in total. The van der Waals surface area contributed by atoms with Crippen molar-refractivity contribution >= 4 is 22.6 Å². The first kappa shape index (κ1) is 30.9. The molecule has 0 atom stereocenters. The molecule has 0 unspecified atom stereocenters. The Kier molecular flexibility index (Phi) is 9.26. The lowest BCUT2D eigenvalue weighted by Crippen LogP contribution is -2.48. The molecule has 0 amide bonds. The average molecular weight is 592 g/mol. The van der Waals surface area contributed by atoms with Gasteiger partial charge in [-0.25, -0.2) is 4.68 Å². The van der Waals surface area contributed by atoms with E-state index in [0.29, 0.717) is 81.6 Å². The first-order chi connectivity index (χ1) is 20.7. The maximum absolute atomic E-state index is 14.1. The Hall–Kier alpha value is -5.02. The van der Waals surface area contributed by atoms with Gasteiger partial charge in [0.2, 0.25) is 11.5 Å². The molecule has 0 aliphatic carbocycles. The molecule has 2 aromatic carbocycles. The van der Waals surface area contributed by atoms with E-state index in [4.69, 9.17) is 28.5 Å². The minimum Gasteiger partial charge on any atom is -0.495 e. The smallest absolute Gasteiger partial charge is 0.433 e. The van der Waals surface area contributed by atoms with Crippen LogP contribution in [-0.4, -0.2) is 66.5 Å². The predicted molar refractivity (Wildman–Crippen MR) is 159 cm³/mol. The normalized spacial score (nSPS) is 11.1. The molecule has 0 aliphatic rings. The molecule has 0 N–H and O–H groups in total. The second-order valence-corrected chi connectivity index (χ2v) is 9.78. The standard InChI is InChI=1S/C31H35N4O8/c1-8-11-22-24(39-4)14-13-23-28(30(36)20-16-25(40-5)31(42-7)26(17-20)41-6)32-33(29(22)23)19-35(9-2,10-3)18-21-12-15-27(43-21)34(37)38/h12-17H,9-10,18-19H2,1-7H3/q+1. The summed E-state index contributed by atoms with van der Waals surface area (Å²) in [5.41, 5.74) is 1.75. The minimum absolute atomic E-state index is 0.213. The summed E-state index contributed by atoms with van der Waals surface area (Å²) in [5, 5.41) is 16.7. The monoisotopic (exact) mass is 591 g/mol. The van der Waals surface area contributed by atoms with Crippen molar-refractivity contribution in [3.63, 3.8) is 0 Å². The number of quaternary nitrogens is 1. The van der Waals surface area contributed by atoms with Crippen LogP contribution in [0.5, 0.6) is 23.0 Å². The Morgan fingerprint density at radius 3 is 2.16 bits per heavy atom. The number of aromatic nitrogens is 2. The van der Waals surface area contributed by atoms with Gasteiger partial charge < -0.3 is 23.4 Å². The molecule has 0 saturated heterocycles. The zero-order valence-electron chi connectivity index (χ0n) is 25.3. The highest BCUT2D eigenvalue weighted by Crippen LogP contribution is 2.39. The summed E-state index contributed by atoms with van der Waals surface area (Å²) in [6, 6.07) is 9.72. The molecule has 4 aromatic rings. The number of nitro groups is 1. The molecular weight excluding hydrogens is 556 g/mol. The van der Waals surface area contributed by atoms with E-state index in [1.807, 2.05) is 13.8 Å². The molecule has 0 saturated carbocycles. The number of benzene rings is 2. The number of hydrogen-bond acceptors (Lipinski definition) is 9. The van der Waals surface area contributed by atoms with E-state index in [1.54, 1.807) is 49.0 Å². The highest BCUT2D eigenvalue weighted by atomic mass is 16.6. The fourth-order valence-corrected chi connectivity index (χ4v) is 5.15. The summed E-state index contributed by atoms with van der Waals surface area (Å²) < 4.78 is 29.7. The van der Waals surface area contributed by atoms with Crippen LogP contribution < -0.4 is 18.9 Å². The Balaban J connectivity index is 1.92. The minimum atomic E-state index is -0.555. The van der Waals surface area contributed by atoms with Gasteiger partial charge in [-0.3, -0.25) is 19.4 Å². The van der Waals surface area contributed by atoms with E-state index in [1.165, 1.54) is 27.4 Å². The van der Waals surface area contributed by atoms with Crippen LogP contribution in [0.3, 0.4) is 0 Å². The largest absolute Gasteiger partial charge is 0.495 e. The SMILES string of the molecule is CC#Cc1c(OC)ccc2c(C(=O)c3cc(OC)c(OC)c(OC)c3)nn(C[N+](CC)(CC)Cc3ccc([N+](=O)[O-])o3)c12. The molecule has 0 radical (unpaired) electrons. The van der Waals surface area contributed by atoms with Gasteiger partial charge in [0.25, 0.3) is 0 Å². The van der Waals surface area contributed by atoms with E-state index in [-0.39, 0.29) is 17.4 Å². The summed E-state index contributed by atoms with van der Waals surface area (Å²) in [5.74, 6) is 7.50. The van der Waals surface area contributed by atoms with Gasteiger partial charge >= 0.3 is 5.88 Å². The van der Waals surface area contributed by atoms with Crippen molar-refractivity contribution in [2.24, 2.45) is 0 Å². The number of ether oxygens (including phenoxy) is 4. The van der Waals surface area contributed by atoms with Gasteiger partial charge in [0.15, 0.2) is 23.9 Å². The van der Waals surface area contributed by atoms with Crippen molar-refractivity contribution < 1.29 is 37.6 Å². The van der Waals surface area contributed by atoms with Crippen LogP contribution in [0.1, 0.15) is 48.1 Å². The van der Waals surface area contributed by atoms with Gasteiger partial charge in [-0.05, 0) is 51.1 Å². The number of hydrogen-bond donors (Lipinski definition) is 0. The molecule has 0 fully saturated rings. The summed E-state index contributed by atoms with van der Waals surface area (Å²) in [4.78, 5) is 24.8. The summed E-state index contributed by atoms with van der Waals surface area (Å²) in [7, 11) is 6.02. The lowest BCUT2D eigenvalue weighted by molar-refractivity contribution is -0.959. The third-order valence-electron chi connectivity index (χ3n) is 7.58. The highest BCUT2D eigenvalue weighted by Gasteiger charge is 2.31. The zero-order chi connectivity index (χ0) is 31.3. The van der Waals surface area contributed by atoms with Gasteiger partial charge in [-0.2, -0.15) is 5.10 Å². The van der Waals surface area contributed by atoms with Crippen LogP contribution in [0.4, 0.5) is 5.88 Å². The number of carbonyl (C=O) groups is 1. The third-order valence-corrected chi connectivity index (χ3v) is 7.58. The molecule has 0 aliphatic heterocycles. The third kappa shape index (κ3) is 5.85. The van der Waals surface area contributed by atoms with E-state index >= 15 is 0 Å². The topological polar surface area (TPSA) is 128 Å². The number of rotatable bonds is 13. The van der Waals surface area contributed by atoms with Crippen LogP contribution in [0.15, 0.2) is 40.8 Å². The van der Waals surface area contributed by atoms with Gasteiger partial charge in [-0.1, -0.05) is 5.92 Å². The van der Waals surface area contributed by atoms with Crippen LogP contribution in [-0.2, 0) is 13.2 Å². The van der Waals surface area contributed by atoms with Crippen molar-refractivity contribution in [3.8, 4) is 34.8 Å². The Morgan fingerprint density at radius 2 is 1.65 bits per heavy atom. The Labute approximate surface area is 249 Å². The number of furan rings is 1. The van der Waals surface area contributed by atoms with Crippen molar-refractivity contribution in [2.45, 2.75) is 34.0 Å². The lowest BCUT2D eigenvalue weighted by Gasteiger charge is -2.35. The van der Waals surface area contributed by atoms with Gasteiger partial charge in [0.05, 0.1) is 58.7 Å². The number of ketones is 1. The molecule has 4 rings (SSSR count). The molecule has 43 heavy (non-hydrogen) atoms. The fraction of sp³-hybridized carbons (Fsp3) is 0.355. The first-order valence-corrected chi connectivity index (χ1v) is 13.6. The first-order valence-electron chi connectivity index (χ1n) is 13.6. The van der Waals surface area contributed by atoms with Crippen molar-refractivity contribution in [3.05, 3.63) is 69.1 Å². The molecular formula is C31H35N4O8+. The molecule has 0 spiro atoms. The summed E-state index contributed by atoms with van der Waals surface area (Å²) >= 11 is 0. The summed E-state index contributed by atoms with van der Waals surface area (Å²) in [6.45, 7) is 7.79. The number of nitrogens with zero attached hydrogens (tertiary/aromatic N) is 4. The molecule has 0 bridgehead atoms. The zero-order valence-corrected chi connectivity index (χ0v) is 25.3. The number of fused-ring (bicyclic) bond motifs is 1. The van der Waals surface area contributed by atoms with Crippen LogP contribution >= 0.6 is 0 Å². The van der Waals surface area contributed by atoms with Gasteiger partial charge in [0, 0.05) is 10.9 Å². The quantitative estimate of drug-likeness (QED) is 0.0678. The maximum atomic E-state index is 14.1. The molecule has 226 valence electrons. The number of methoxy groups -OCH3 is 4. The second kappa shape index (κ2) is 12.9. The van der Waals surface area contributed by atoms with E-state index < -0.39 is 4.92 Å². The molecule has 2 aromatic heterocycles. The summed E-state index contributed by atoms with van der Waals surface area (Å²) in [6.07, 6.45) is 0. The second-order valence-electron chi connectivity index (χ2n) is 9.78. The maximum Gasteiger partial charge on any atom is 0.433 e. The van der Waals surface area contributed by atoms with Crippen molar-refractivity contribution in [1.82, 2.24) is 9.78 Å². The van der Waals surface area contributed by atoms with Gasteiger partial charge in [0.1, 0.15) is 22.9 Å². The van der Waals surface area contributed by atoms with E-state index in [9.17, 15) is 14.9 Å². The van der Waals surface area contributed by atoms with Crippen molar-refractivity contribution in [1.29, 1.82) is 0 Å². The fourth-order valence-electron chi connectivity index (χ4n) is 5.15. The van der Waals surface area contributed by atoms with Crippen LogP contribution in [0.2, 0.25) is 0 Å². The van der Waals surface area contributed by atoms with E-state index in [2.05, 4.69) is 11.8 Å². The van der Waals surface area contributed by atoms with Crippen LogP contribution in [0, 0.1) is 22.0 Å². The van der Waals surface area contributed by atoms with Gasteiger partial charge in [-0.15, -0.1) is 5.92 Å².